The molecule has 4 amide bonds. The molecule has 0 aliphatic carbocycles. The van der Waals surface area contributed by atoms with E-state index in [4.69, 9.17) is 10.6 Å². The topological polar surface area (TPSA) is 249 Å². The van der Waals surface area contributed by atoms with Crippen molar-refractivity contribution >= 4 is 63.5 Å². The number of nitrogens with one attached hydrogen (secondary N) is 3. The van der Waals surface area contributed by atoms with Crippen LogP contribution in [0.15, 0.2) is 28.7 Å². The van der Waals surface area contributed by atoms with Crippen molar-refractivity contribution in [1.82, 2.24) is 26.1 Å². The van der Waals surface area contributed by atoms with Gasteiger partial charge in [-0.05, 0) is 32.0 Å². The number of rotatable bonds is 8. The minimum Gasteiger partial charge on any atom is -0.548 e. The fourth-order valence-corrected chi connectivity index (χ4v) is 6.16. The number of aliphatic carboxylic acids is 1. The van der Waals surface area contributed by atoms with E-state index in [0.29, 0.717) is 0 Å². The zero-order valence-corrected chi connectivity index (χ0v) is 25.4. The number of aromatic nitrogens is 1. The average molecular weight is 616 g/mol. The number of carbonyl (C=O) groups is 5. The Bertz CT molecular complexity index is 1430. The molecule has 0 spiro atoms. The normalized spacial score (nSPS) is 20.6. The summed E-state index contributed by atoms with van der Waals surface area (Å²) in [7, 11) is 0. The number of benzene rings is 1. The number of phenolic OH excluding ortho intramolecular Hbond substituents is 2. The first-order chi connectivity index (χ1) is 18.8. The van der Waals surface area contributed by atoms with Gasteiger partial charge in [0.1, 0.15) is 17.1 Å². The van der Waals surface area contributed by atoms with Crippen LogP contribution in [0, 0.1) is 0 Å². The molecular formula is C22H22N7NaO9S2. The Morgan fingerprint density at radius 1 is 1.22 bits per heavy atom. The Labute approximate surface area is 261 Å². The summed E-state index contributed by atoms with van der Waals surface area (Å²) in [6.07, 6.45) is 0. The fourth-order valence-electron chi connectivity index (χ4n) is 3.99. The average Bonchev–Trinajstić information content (AvgIpc) is 3.43. The number of thioether (sulfide) groups is 1. The minimum atomic E-state index is -1.40. The summed E-state index contributed by atoms with van der Waals surface area (Å²) in [6.45, 7) is 2.56. The molecule has 0 saturated carbocycles. The first kappa shape index (κ1) is 31.9. The summed E-state index contributed by atoms with van der Waals surface area (Å²) in [5.74, 6) is -5.54. The van der Waals surface area contributed by atoms with Gasteiger partial charge >= 0.3 is 29.6 Å². The molecule has 41 heavy (non-hydrogen) atoms. The maximum Gasteiger partial charge on any atom is 1.00 e. The van der Waals surface area contributed by atoms with Gasteiger partial charge in [0.15, 0.2) is 28.9 Å². The van der Waals surface area contributed by atoms with Gasteiger partial charge in [-0.15, -0.1) is 23.1 Å². The van der Waals surface area contributed by atoms with Crippen LogP contribution in [0.4, 0.5) is 5.13 Å². The number of carboxylic acid groups (broad SMARTS) is 1. The summed E-state index contributed by atoms with van der Waals surface area (Å²) >= 11 is 2.20. The van der Waals surface area contributed by atoms with Gasteiger partial charge in [0, 0.05) is 15.7 Å². The largest absolute Gasteiger partial charge is 1.00 e. The SMILES string of the molecule is CC1(C)S[C@@H]2[C@H](NC(=O)C(=NOCC(=O)NNC(=O)c3ccc(O)c(O)c3)c3csc(N)n3)C(=O)N2[C@H]1C(=O)[O-].[Na+]. The molecule has 1 aromatic carbocycles. The third-order valence-electron chi connectivity index (χ3n) is 5.84. The van der Waals surface area contributed by atoms with Crippen LogP contribution >= 0.6 is 23.1 Å². The number of hydrazine groups is 1. The van der Waals surface area contributed by atoms with Crippen LogP contribution in [0.25, 0.3) is 0 Å². The van der Waals surface area contributed by atoms with Crippen molar-refractivity contribution in [2.75, 3.05) is 12.3 Å². The number of thiazole rings is 1. The van der Waals surface area contributed by atoms with Gasteiger partial charge in [-0.3, -0.25) is 30.0 Å². The molecule has 1 aromatic heterocycles. The second-order valence-corrected chi connectivity index (χ2v) is 11.7. The van der Waals surface area contributed by atoms with E-state index in [2.05, 4.69) is 20.9 Å². The third kappa shape index (κ3) is 6.67. The van der Waals surface area contributed by atoms with E-state index in [-0.39, 0.29) is 45.9 Å². The van der Waals surface area contributed by atoms with Crippen molar-refractivity contribution in [2.45, 2.75) is 36.1 Å². The van der Waals surface area contributed by atoms with Crippen molar-refractivity contribution < 1.29 is 73.7 Å². The van der Waals surface area contributed by atoms with Crippen LogP contribution in [0.3, 0.4) is 0 Å². The molecule has 4 rings (SSSR count). The van der Waals surface area contributed by atoms with Crippen molar-refractivity contribution in [2.24, 2.45) is 5.16 Å². The van der Waals surface area contributed by atoms with Gasteiger partial charge in [-0.2, -0.15) is 0 Å². The molecule has 2 aliphatic rings. The second kappa shape index (κ2) is 12.5. The summed E-state index contributed by atoms with van der Waals surface area (Å²) in [5.41, 5.74) is 9.30. The molecule has 0 bridgehead atoms. The van der Waals surface area contributed by atoms with Gasteiger partial charge in [0.25, 0.3) is 17.7 Å². The van der Waals surface area contributed by atoms with Crippen molar-refractivity contribution in [3.63, 3.8) is 0 Å². The molecule has 16 nitrogen and oxygen atoms in total. The molecule has 2 saturated heterocycles. The maximum atomic E-state index is 13.1. The number of carbonyl (C=O) groups excluding carboxylic acids is 5. The van der Waals surface area contributed by atoms with Crippen molar-refractivity contribution in [3.8, 4) is 11.5 Å². The van der Waals surface area contributed by atoms with E-state index in [1.54, 1.807) is 13.8 Å². The number of phenols is 2. The van der Waals surface area contributed by atoms with Gasteiger partial charge in [0.05, 0.1) is 12.0 Å². The zero-order valence-electron chi connectivity index (χ0n) is 21.7. The Morgan fingerprint density at radius 3 is 2.54 bits per heavy atom. The number of hydrogen-bond donors (Lipinski definition) is 6. The number of fused-ring (bicyclic) bond motifs is 1. The minimum absolute atomic E-state index is 0. The first-order valence-electron chi connectivity index (χ1n) is 11.3. The van der Waals surface area contributed by atoms with Crippen molar-refractivity contribution in [3.05, 3.63) is 34.8 Å². The molecule has 0 radical (unpaired) electrons. The number of β-lactam (4-membered cyclic amide) rings is 1. The Kier molecular flexibility index (Phi) is 9.75. The monoisotopic (exact) mass is 615 g/mol. The molecule has 2 fully saturated rings. The van der Waals surface area contributed by atoms with E-state index in [1.807, 2.05) is 5.43 Å². The van der Waals surface area contributed by atoms with Crippen LogP contribution < -0.4 is 56.6 Å². The molecule has 2 aliphatic heterocycles. The molecular weight excluding hydrogens is 593 g/mol. The number of aromatic hydroxyl groups is 2. The molecule has 3 heterocycles. The molecule has 212 valence electrons. The van der Waals surface area contributed by atoms with Crippen LogP contribution in [-0.4, -0.2) is 84.2 Å². The molecule has 3 atom stereocenters. The third-order valence-corrected chi connectivity index (χ3v) is 8.08. The number of nitrogens with two attached hydrogens (primary N) is 1. The van der Waals surface area contributed by atoms with Gasteiger partial charge in [0.2, 0.25) is 5.91 Å². The number of oxime groups is 1. The van der Waals surface area contributed by atoms with Crippen LogP contribution in [0.1, 0.15) is 29.9 Å². The van der Waals surface area contributed by atoms with Crippen molar-refractivity contribution in [1.29, 1.82) is 0 Å². The van der Waals surface area contributed by atoms with Crippen LogP contribution in [0.5, 0.6) is 11.5 Å². The Balaban J connectivity index is 0.00000462. The summed E-state index contributed by atoms with van der Waals surface area (Å²) in [5, 5.41) is 37.4. The van der Waals surface area contributed by atoms with Gasteiger partial charge in [-0.1, -0.05) is 5.16 Å². The molecule has 19 heteroatoms. The van der Waals surface area contributed by atoms with E-state index >= 15 is 0 Å². The number of amides is 4. The predicted molar refractivity (Wildman–Crippen MR) is 137 cm³/mol. The Hall–Kier alpha value is -3.58. The van der Waals surface area contributed by atoms with Gasteiger partial charge < -0.3 is 40.9 Å². The van der Waals surface area contributed by atoms with E-state index in [9.17, 15) is 39.3 Å². The summed E-state index contributed by atoms with van der Waals surface area (Å²) < 4.78 is -0.854. The summed E-state index contributed by atoms with van der Waals surface area (Å²) in [4.78, 5) is 71.6. The van der Waals surface area contributed by atoms with E-state index < -0.39 is 75.6 Å². The number of hydrogen-bond acceptors (Lipinski definition) is 14. The second-order valence-electron chi connectivity index (χ2n) is 9.02. The standard InChI is InChI=1S/C22H23N7O9S2.Na/c1-22(2)15(20(36)37)29-18(35)14(19(29)40-22)25-17(34)13(9-7-39-21(23)24-9)28-38-6-12(32)26-27-16(33)8-3-4-10(30)11(31)5-8;/h3-5,7,14-15,19,30-31H,6H2,1-2H3,(H2,23,24)(H,25,34)(H,26,32)(H,27,33)(H,36,37);/q;+1/p-1/t14-,15+,19-;/m1./s1. The number of nitrogen functional groups attached to an aromatic ring is 1. The first-order valence-corrected chi connectivity index (χ1v) is 13.1. The van der Waals surface area contributed by atoms with Crippen LogP contribution in [0.2, 0.25) is 0 Å². The molecule has 0 unspecified atom stereocenters. The van der Waals surface area contributed by atoms with E-state index in [0.717, 1.165) is 28.4 Å². The smallest absolute Gasteiger partial charge is 0.548 e. The quantitative estimate of drug-likeness (QED) is 0.0536. The maximum absolute atomic E-state index is 13.1. The molecule has 2 aromatic rings. The predicted octanol–water partition coefficient (Wildman–Crippen LogP) is -5.38. The Morgan fingerprint density at radius 2 is 1.93 bits per heavy atom. The van der Waals surface area contributed by atoms with E-state index in [1.165, 1.54) is 23.2 Å². The molecule has 7 N–H and O–H groups in total. The number of carboxylic acids is 1. The summed E-state index contributed by atoms with van der Waals surface area (Å²) in [6, 6.07) is 1.05. The van der Waals surface area contributed by atoms with Gasteiger partial charge in [-0.25, -0.2) is 4.98 Å². The zero-order chi connectivity index (χ0) is 29.4. The van der Waals surface area contributed by atoms with Crippen LogP contribution in [-0.2, 0) is 24.0 Å². The number of nitrogens with zero attached hydrogens (tertiary/aromatic N) is 3. The fraction of sp³-hybridized carbons (Fsp3) is 0.318. The number of anilines is 1.